The van der Waals surface area contributed by atoms with Crippen LogP contribution in [0.2, 0.25) is 0 Å². The third-order valence-electron chi connectivity index (χ3n) is 1.18. The van der Waals surface area contributed by atoms with Gasteiger partial charge in [-0.05, 0) is 19.1 Å². The molecule has 10 heavy (non-hydrogen) atoms. The van der Waals surface area contributed by atoms with E-state index in [1.165, 1.54) is 5.56 Å². The molecule has 0 spiro atoms. The number of aryl methyl sites for hydroxylation is 1. The van der Waals surface area contributed by atoms with Gasteiger partial charge >= 0.3 is 0 Å². The van der Waals surface area contributed by atoms with Gasteiger partial charge in [0.1, 0.15) is 0 Å². The molecule has 1 aromatic carbocycles. The van der Waals surface area contributed by atoms with Gasteiger partial charge in [-0.15, -0.1) is 0 Å². The van der Waals surface area contributed by atoms with Gasteiger partial charge in [0.25, 0.3) is 0 Å². The van der Waals surface area contributed by atoms with Crippen LogP contribution >= 0.6 is 0 Å². The van der Waals surface area contributed by atoms with Crippen LogP contribution in [0, 0.1) is 6.92 Å². The van der Waals surface area contributed by atoms with Gasteiger partial charge in [-0.3, -0.25) is 0 Å². The minimum atomic E-state index is 0.236. The van der Waals surface area contributed by atoms with Gasteiger partial charge in [-0.25, -0.2) is 0 Å². The fourth-order valence-corrected chi connectivity index (χ4v) is 0.856. The Kier molecular flexibility index (Phi) is 2.34. The van der Waals surface area contributed by atoms with E-state index in [4.69, 9.17) is 0 Å². The molecule has 52 valence electrons. The maximum atomic E-state index is 9.93. The molecule has 0 aromatic heterocycles. The van der Waals surface area contributed by atoms with Gasteiger partial charge in [0.05, 0.1) is 5.69 Å². The smallest absolute Gasteiger partial charge is 0.191 e. The lowest BCUT2D eigenvalue weighted by Gasteiger charge is -1.89. The molecule has 0 aliphatic rings. The van der Waals surface area contributed by atoms with Crippen LogP contribution in [0.15, 0.2) is 28.6 Å². The number of benzene rings is 1. The van der Waals surface area contributed by atoms with E-state index >= 15 is 0 Å². The van der Waals surface area contributed by atoms with Crippen LogP contribution in [0.4, 0.5) is 5.69 Å². The molecule has 0 unspecified atom stereocenters. The second kappa shape index (κ2) is 3.27. The fourth-order valence-electron chi connectivity index (χ4n) is 0.649. The molecule has 0 radical (unpaired) electrons. The molecule has 0 aliphatic heterocycles. The number of hydrogen-bond donors (Lipinski definition) is 0. The van der Waals surface area contributed by atoms with Crippen molar-refractivity contribution in [2.45, 2.75) is 6.92 Å². The summed E-state index contributed by atoms with van der Waals surface area (Å²) in [5.41, 5.74) is 1.90. The van der Waals surface area contributed by atoms with Crippen molar-refractivity contribution in [3.8, 4) is 0 Å². The predicted molar refractivity (Wildman–Crippen MR) is 41.4 cm³/mol. The molecular formula is C7H7NOS. The third-order valence-corrected chi connectivity index (χ3v) is 1.46. The number of rotatable bonds is 1. The summed E-state index contributed by atoms with van der Waals surface area (Å²) in [5, 5.41) is 0. The van der Waals surface area contributed by atoms with Crippen molar-refractivity contribution in [2.75, 3.05) is 0 Å². The van der Waals surface area contributed by atoms with Crippen molar-refractivity contribution >= 4 is 17.2 Å². The molecule has 0 saturated heterocycles. The Morgan fingerprint density at radius 1 is 1.30 bits per heavy atom. The van der Waals surface area contributed by atoms with Crippen molar-refractivity contribution in [3.63, 3.8) is 0 Å². The molecule has 0 N–H and O–H groups in total. The third kappa shape index (κ3) is 1.77. The van der Waals surface area contributed by atoms with Crippen LogP contribution in [0.25, 0.3) is 0 Å². The quantitative estimate of drug-likeness (QED) is 0.607. The fraction of sp³-hybridized carbons (Fsp3) is 0.143. The monoisotopic (exact) mass is 153 g/mol. The van der Waals surface area contributed by atoms with Crippen LogP contribution < -0.4 is 0 Å². The minimum Gasteiger partial charge on any atom is -0.191 e. The maximum absolute atomic E-state index is 9.93. The first kappa shape index (κ1) is 7.15. The van der Waals surface area contributed by atoms with E-state index in [-0.39, 0.29) is 11.5 Å². The zero-order valence-electron chi connectivity index (χ0n) is 5.57. The molecule has 3 heteroatoms. The molecule has 1 aromatic rings. The van der Waals surface area contributed by atoms with Crippen molar-refractivity contribution < 1.29 is 4.21 Å². The van der Waals surface area contributed by atoms with Crippen LogP contribution in [0.1, 0.15) is 5.56 Å². The Hall–Kier alpha value is -0.960. The molecule has 0 bridgehead atoms. The van der Waals surface area contributed by atoms with Gasteiger partial charge < -0.3 is 0 Å². The molecule has 0 fully saturated rings. The van der Waals surface area contributed by atoms with Crippen LogP contribution in [0.3, 0.4) is 0 Å². The van der Waals surface area contributed by atoms with Crippen molar-refractivity contribution in [3.05, 3.63) is 29.8 Å². The highest BCUT2D eigenvalue weighted by Crippen LogP contribution is 2.10. The SMILES string of the molecule is Cc1ccc(N=S=O)cc1. The Labute approximate surface area is 63.1 Å². The standard InChI is InChI=1S/C7H7NOS/c1-6-2-4-7(5-3-6)8-10-9/h2-5H,1H3. The summed E-state index contributed by atoms with van der Waals surface area (Å²) in [6, 6.07) is 7.49. The Bertz CT molecular complexity index is 261. The van der Waals surface area contributed by atoms with Crippen LogP contribution in [-0.2, 0) is 11.5 Å². The second-order valence-electron chi connectivity index (χ2n) is 2.00. The molecule has 0 saturated carbocycles. The van der Waals surface area contributed by atoms with E-state index in [2.05, 4.69) is 4.36 Å². The highest BCUT2D eigenvalue weighted by molar-refractivity contribution is 7.54. The Morgan fingerprint density at radius 3 is 2.40 bits per heavy atom. The van der Waals surface area contributed by atoms with Gasteiger partial charge in [0, 0.05) is 0 Å². The molecule has 0 amide bonds. The minimum absolute atomic E-state index is 0.236. The Morgan fingerprint density at radius 2 is 1.90 bits per heavy atom. The lowest BCUT2D eigenvalue weighted by Crippen LogP contribution is -1.66. The van der Waals surface area contributed by atoms with E-state index in [0.717, 1.165) is 5.69 Å². The van der Waals surface area contributed by atoms with Crippen molar-refractivity contribution in [1.29, 1.82) is 0 Å². The van der Waals surface area contributed by atoms with E-state index in [0.29, 0.717) is 0 Å². The summed E-state index contributed by atoms with van der Waals surface area (Å²) >= 11 is 0.236. The Balaban J connectivity index is 3.00. The van der Waals surface area contributed by atoms with E-state index < -0.39 is 0 Å². The van der Waals surface area contributed by atoms with Gasteiger partial charge in [0.2, 0.25) is 11.5 Å². The van der Waals surface area contributed by atoms with E-state index in [1.54, 1.807) is 0 Å². The average molecular weight is 153 g/mol. The summed E-state index contributed by atoms with van der Waals surface area (Å²) in [5.74, 6) is 0. The normalized spacial score (nSPS) is 8.90. The zero-order valence-corrected chi connectivity index (χ0v) is 6.39. The van der Waals surface area contributed by atoms with Gasteiger partial charge in [-0.1, -0.05) is 17.7 Å². The highest BCUT2D eigenvalue weighted by atomic mass is 32.1. The molecule has 1 rings (SSSR count). The first-order chi connectivity index (χ1) is 4.83. The summed E-state index contributed by atoms with van der Waals surface area (Å²) in [6.45, 7) is 1.99. The van der Waals surface area contributed by atoms with Gasteiger partial charge in [-0.2, -0.15) is 8.57 Å². The average Bonchev–Trinajstić information content (AvgIpc) is 1.95. The van der Waals surface area contributed by atoms with Gasteiger partial charge in [0.15, 0.2) is 0 Å². The first-order valence-electron chi connectivity index (χ1n) is 2.89. The van der Waals surface area contributed by atoms with Crippen molar-refractivity contribution in [2.24, 2.45) is 4.36 Å². The summed E-state index contributed by atoms with van der Waals surface area (Å²) in [6.07, 6.45) is 0. The molecule has 0 heterocycles. The molecule has 0 atom stereocenters. The molecule has 2 nitrogen and oxygen atoms in total. The zero-order chi connectivity index (χ0) is 7.40. The summed E-state index contributed by atoms with van der Waals surface area (Å²) in [4.78, 5) is 0. The molecule has 0 aliphatic carbocycles. The number of nitrogens with zero attached hydrogens (tertiary/aromatic N) is 1. The summed E-state index contributed by atoms with van der Waals surface area (Å²) < 4.78 is 13.5. The van der Waals surface area contributed by atoms with E-state index in [1.807, 2.05) is 31.2 Å². The van der Waals surface area contributed by atoms with Crippen LogP contribution in [-0.4, -0.2) is 4.21 Å². The van der Waals surface area contributed by atoms with E-state index in [9.17, 15) is 4.21 Å². The second-order valence-corrected chi connectivity index (χ2v) is 2.33. The molecular weight excluding hydrogens is 146 g/mol. The highest BCUT2D eigenvalue weighted by Gasteiger charge is 1.85. The van der Waals surface area contributed by atoms with Crippen LogP contribution in [0.5, 0.6) is 0 Å². The lowest BCUT2D eigenvalue weighted by atomic mass is 10.2. The lowest BCUT2D eigenvalue weighted by molar-refractivity contribution is 0.698. The van der Waals surface area contributed by atoms with Crippen molar-refractivity contribution in [1.82, 2.24) is 0 Å². The maximum Gasteiger partial charge on any atom is 0.205 e. The summed E-state index contributed by atoms with van der Waals surface area (Å²) in [7, 11) is 0. The first-order valence-corrected chi connectivity index (χ1v) is 3.59. The topological polar surface area (TPSA) is 29.4 Å². The largest absolute Gasteiger partial charge is 0.205 e. The number of hydrogen-bond acceptors (Lipinski definition) is 2. The predicted octanol–water partition coefficient (Wildman–Crippen LogP) is 2.02.